The van der Waals surface area contributed by atoms with Crippen molar-refractivity contribution >= 4 is 11.6 Å². The molecule has 1 aliphatic rings. The van der Waals surface area contributed by atoms with Gasteiger partial charge in [-0.3, -0.25) is 4.79 Å². The summed E-state index contributed by atoms with van der Waals surface area (Å²) in [5, 5.41) is 0. The number of rotatable bonds is 2. The molecule has 0 radical (unpaired) electrons. The highest BCUT2D eigenvalue weighted by molar-refractivity contribution is 5.94. The number of benzene rings is 2. The number of anilines is 1. The van der Waals surface area contributed by atoms with Crippen molar-refractivity contribution in [3.05, 3.63) is 64.7 Å². The van der Waals surface area contributed by atoms with E-state index in [2.05, 4.69) is 0 Å². The number of amides is 1. The zero-order valence-electron chi connectivity index (χ0n) is 13.9. The third-order valence-electron chi connectivity index (χ3n) is 4.57. The average Bonchev–Trinajstić information content (AvgIpc) is 2.57. The monoisotopic (exact) mass is 330 g/mol. The zero-order chi connectivity index (χ0) is 17.3. The Morgan fingerprint density at radius 3 is 2.12 bits per heavy atom. The molecule has 0 aromatic heterocycles. The Kier molecular flexibility index (Phi) is 4.51. The van der Waals surface area contributed by atoms with Gasteiger partial charge >= 0.3 is 0 Å². The van der Waals surface area contributed by atoms with Crippen LogP contribution >= 0.6 is 0 Å². The van der Waals surface area contributed by atoms with Crippen molar-refractivity contribution < 1.29 is 13.6 Å². The van der Waals surface area contributed by atoms with Crippen LogP contribution in [0.1, 0.15) is 21.5 Å². The predicted octanol–water partition coefficient (Wildman–Crippen LogP) is 3.54. The molecule has 0 unspecified atom stereocenters. The molecule has 1 amide bonds. The minimum absolute atomic E-state index is 0.00391. The fourth-order valence-corrected chi connectivity index (χ4v) is 2.98. The van der Waals surface area contributed by atoms with Crippen LogP contribution in [0.25, 0.3) is 0 Å². The Morgan fingerprint density at radius 1 is 0.917 bits per heavy atom. The van der Waals surface area contributed by atoms with Gasteiger partial charge in [0, 0.05) is 31.7 Å². The van der Waals surface area contributed by atoms with Crippen molar-refractivity contribution in [2.24, 2.45) is 0 Å². The summed E-state index contributed by atoms with van der Waals surface area (Å²) in [7, 11) is 0. The van der Waals surface area contributed by atoms with Gasteiger partial charge in [-0.1, -0.05) is 12.1 Å². The third-order valence-corrected chi connectivity index (χ3v) is 4.57. The van der Waals surface area contributed by atoms with E-state index in [0.717, 1.165) is 11.1 Å². The summed E-state index contributed by atoms with van der Waals surface area (Å²) in [5.41, 5.74) is 2.87. The van der Waals surface area contributed by atoms with Crippen LogP contribution in [-0.4, -0.2) is 37.0 Å². The van der Waals surface area contributed by atoms with E-state index in [9.17, 15) is 13.6 Å². The highest BCUT2D eigenvalue weighted by Crippen LogP contribution is 2.24. The summed E-state index contributed by atoms with van der Waals surface area (Å²) in [6, 6.07) is 9.52. The second kappa shape index (κ2) is 6.59. The number of halogens is 2. The first-order valence-electron chi connectivity index (χ1n) is 8.03. The number of nitrogens with zero attached hydrogens (tertiary/aromatic N) is 2. The van der Waals surface area contributed by atoms with Gasteiger partial charge in [-0.2, -0.15) is 0 Å². The highest BCUT2D eigenvalue weighted by Gasteiger charge is 2.25. The molecule has 1 aliphatic heterocycles. The van der Waals surface area contributed by atoms with Crippen LogP contribution in [0.3, 0.4) is 0 Å². The van der Waals surface area contributed by atoms with E-state index < -0.39 is 11.6 Å². The number of hydrogen-bond acceptors (Lipinski definition) is 2. The Balaban J connectivity index is 1.70. The minimum Gasteiger partial charge on any atom is -0.363 e. The molecule has 2 aromatic rings. The van der Waals surface area contributed by atoms with Crippen molar-refractivity contribution in [1.82, 2.24) is 4.90 Å². The number of aryl methyl sites for hydroxylation is 2. The van der Waals surface area contributed by atoms with Gasteiger partial charge in [-0.15, -0.1) is 0 Å². The van der Waals surface area contributed by atoms with E-state index >= 15 is 0 Å². The maximum Gasteiger partial charge on any atom is 0.253 e. The molecule has 3 nitrogen and oxygen atoms in total. The van der Waals surface area contributed by atoms with Gasteiger partial charge < -0.3 is 9.80 Å². The van der Waals surface area contributed by atoms with Crippen LogP contribution in [0.15, 0.2) is 36.4 Å². The quantitative estimate of drug-likeness (QED) is 0.841. The molecule has 2 aromatic carbocycles. The molecule has 0 saturated carbocycles. The first-order chi connectivity index (χ1) is 11.5. The predicted molar refractivity (Wildman–Crippen MR) is 90.4 cm³/mol. The zero-order valence-corrected chi connectivity index (χ0v) is 13.9. The van der Waals surface area contributed by atoms with Crippen LogP contribution in [0.4, 0.5) is 14.5 Å². The second-order valence-corrected chi connectivity index (χ2v) is 6.15. The van der Waals surface area contributed by atoms with E-state index in [1.807, 2.05) is 32.0 Å². The summed E-state index contributed by atoms with van der Waals surface area (Å²) in [6.45, 7) is 5.69. The van der Waals surface area contributed by atoms with E-state index in [0.29, 0.717) is 31.7 Å². The van der Waals surface area contributed by atoms with Crippen LogP contribution in [0.2, 0.25) is 0 Å². The van der Waals surface area contributed by atoms with Crippen LogP contribution in [0, 0.1) is 25.5 Å². The molecule has 0 atom stereocenters. The normalized spacial score (nSPS) is 14.8. The highest BCUT2D eigenvalue weighted by atomic mass is 19.1. The lowest BCUT2D eigenvalue weighted by atomic mass is 10.1. The lowest BCUT2D eigenvalue weighted by Crippen LogP contribution is -2.49. The topological polar surface area (TPSA) is 23.6 Å². The van der Waals surface area contributed by atoms with Crippen LogP contribution < -0.4 is 4.90 Å². The Labute approximate surface area is 140 Å². The molecule has 5 heteroatoms. The number of hydrogen-bond donors (Lipinski definition) is 0. The van der Waals surface area contributed by atoms with E-state index in [4.69, 9.17) is 0 Å². The molecule has 24 heavy (non-hydrogen) atoms. The van der Waals surface area contributed by atoms with Crippen molar-refractivity contribution in [1.29, 1.82) is 0 Å². The lowest BCUT2D eigenvalue weighted by Gasteiger charge is -2.36. The fourth-order valence-electron chi connectivity index (χ4n) is 2.98. The van der Waals surface area contributed by atoms with Gasteiger partial charge in [-0.25, -0.2) is 8.78 Å². The van der Waals surface area contributed by atoms with Gasteiger partial charge in [0.25, 0.3) is 5.91 Å². The van der Waals surface area contributed by atoms with E-state index in [-0.39, 0.29) is 11.6 Å². The molecule has 0 bridgehead atoms. The van der Waals surface area contributed by atoms with Gasteiger partial charge in [0.2, 0.25) is 0 Å². The largest absolute Gasteiger partial charge is 0.363 e. The summed E-state index contributed by atoms with van der Waals surface area (Å²) >= 11 is 0. The number of carbonyl (C=O) groups excluding carboxylic acids is 1. The van der Waals surface area contributed by atoms with Gasteiger partial charge in [0.15, 0.2) is 0 Å². The van der Waals surface area contributed by atoms with Crippen molar-refractivity contribution in [3.63, 3.8) is 0 Å². The molecular formula is C19H20F2N2O. The minimum atomic E-state index is -0.566. The molecule has 0 N–H and O–H groups in total. The smallest absolute Gasteiger partial charge is 0.253 e. The van der Waals surface area contributed by atoms with E-state index in [1.54, 1.807) is 9.80 Å². The average molecular weight is 330 g/mol. The SMILES string of the molecule is Cc1ccc(C(=O)N2CCN(c3c(F)cccc3F)CC2)cc1C. The fraction of sp³-hybridized carbons (Fsp3) is 0.316. The first-order valence-corrected chi connectivity index (χ1v) is 8.03. The third kappa shape index (κ3) is 3.11. The van der Waals surface area contributed by atoms with Crippen molar-refractivity contribution in [2.45, 2.75) is 13.8 Å². The van der Waals surface area contributed by atoms with Crippen molar-refractivity contribution in [2.75, 3.05) is 31.1 Å². The Bertz CT molecular complexity index is 748. The molecule has 1 fully saturated rings. The Hall–Kier alpha value is -2.43. The molecule has 1 heterocycles. The maximum atomic E-state index is 13.9. The summed E-state index contributed by atoms with van der Waals surface area (Å²) in [6.07, 6.45) is 0. The maximum absolute atomic E-state index is 13.9. The van der Waals surface area contributed by atoms with Gasteiger partial charge in [-0.05, 0) is 49.2 Å². The molecule has 3 rings (SSSR count). The lowest BCUT2D eigenvalue weighted by molar-refractivity contribution is 0.0746. The molecular weight excluding hydrogens is 310 g/mol. The first kappa shape index (κ1) is 16.4. The molecule has 126 valence electrons. The second-order valence-electron chi connectivity index (χ2n) is 6.15. The van der Waals surface area contributed by atoms with Crippen molar-refractivity contribution in [3.8, 4) is 0 Å². The molecule has 1 saturated heterocycles. The molecule has 0 aliphatic carbocycles. The number of para-hydroxylation sites is 1. The van der Waals surface area contributed by atoms with Crippen LogP contribution in [-0.2, 0) is 0 Å². The molecule has 0 spiro atoms. The summed E-state index contributed by atoms with van der Waals surface area (Å²) in [5.74, 6) is -1.17. The number of carbonyl (C=O) groups is 1. The van der Waals surface area contributed by atoms with Gasteiger partial charge in [0.05, 0.1) is 0 Å². The van der Waals surface area contributed by atoms with Gasteiger partial charge in [0.1, 0.15) is 17.3 Å². The standard InChI is InChI=1S/C19H20F2N2O/c1-13-6-7-15(12-14(13)2)19(24)23-10-8-22(9-11-23)18-16(20)4-3-5-17(18)21/h3-7,12H,8-11H2,1-2H3. The number of piperazine rings is 1. The summed E-state index contributed by atoms with van der Waals surface area (Å²) in [4.78, 5) is 16.0. The van der Waals surface area contributed by atoms with E-state index in [1.165, 1.54) is 18.2 Å². The summed E-state index contributed by atoms with van der Waals surface area (Å²) < 4.78 is 27.8. The Morgan fingerprint density at radius 2 is 1.54 bits per heavy atom. The van der Waals surface area contributed by atoms with Crippen LogP contribution in [0.5, 0.6) is 0 Å².